The fourth-order valence-electron chi connectivity index (χ4n) is 2.48. The molecule has 0 unspecified atom stereocenters. The molecule has 26 heavy (non-hydrogen) atoms. The number of halogens is 1. The van der Waals surface area contributed by atoms with Gasteiger partial charge in [-0.3, -0.25) is 9.59 Å². The minimum atomic E-state index is -0.245. The number of amides is 1. The fraction of sp³-hybridized carbons (Fsp3) is 0.100. The molecule has 0 aliphatic rings. The number of para-hydroxylation sites is 1. The third-order valence-electron chi connectivity index (χ3n) is 3.68. The summed E-state index contributed by atoms with van der Waals surface area (Å²) in [5.74, 6) is -0.245. The van der Waals surface area contributed by atoms with E-state index >= 15 is 0 Å². The Labute approximate surface area is 164 Å². The molecule has 0 fully saturated rings. The molecule has 0 spiro atoms. The number of rotatable bonds is 5. The average molecular weight is 429 g/mol. The lowest BCUT2D eigenvalue weighted by molar-refractivity contribution is -0.116. The number of carbonyl (C=O) groups is 1. The van der Waals surface area contributed by atoms with Gasteiger partial charge in [-0.05, 0) is 53.2 Å². The predicted molar refractivity (Wildman–Crippen MR) is 109 cm³/mol. The number of carbonyl (C=O) groups excluding carboxylic acids is 1. The maximum Gasteiger partial charge on any atom is 0.253 e. The predicted octanol–water partition coefficient (Wildman–Crippen LogP) is 4.71. The topological polar surface area (TPSA) is 51.1 Å². The van der Waals surface area contributed by atoms with E-state index in [9.17, 15) is 9.59 Å². The molecule has 2 aromatic carbocycles. The highest BCUT2D eigenvalue weighted by Crippen LogP contribution is 2.33. The molecule has 1 aromatic heterocycles. The van der Waals surface area contributed by atoms with Crippen LogP contribution >= 0.6 is 27.7 Å². The number of nitrogens with one attached hydrogen (secondary N) is 1. The number of nitrogens with zero attached hydrogens (tertiary/aromatic N) is 1. The maximum absolute atomic E-state index is 12.5. The van der Waals surface area contributed by atoms with E-state index in [1.54, 1.807) is 30.9 Å². The van der Waals surface area contributed by atoms with Crippen LogP contribution in [0.25, 0.3) is 0 Å². The lowest BCUT2D eigenvalue weighted by atomic mass is 10.3. The van der Waals surface area contributed by atoms with E-state index in [4.69, 9.17) is 0 Å². The summed E-state index contributed by atoms with van der Waals surface area (Å²) in [7, 11) is 0. The lowest BCUT2D eigenvalue weighted by Crippen LogP contribution is -2.28. The Balaban J connectivity index is 1.77. The van der Waals surface area contributed by atoms with Crippen molar-refractivity contribution < 1.29 is 4.79 Å². The summed E-state index contributed by atoms with van der Waals surface area (Å²) in [6.45, 7) is 1.69. The highest BCUT2D eigenvalue weighted by molar-refractivity contribution is 9.10. The number of hydrogen-bond donors (Lipinski definition) is 1. The van der Waals surface area contributed by atoms with Crippen LogP contribution in [0.5, 0.6) is 0 Å². The average Bonchev–Trinajstić information content (AvgIpc) is 2.62. The van der Waals surface area contributed by atoms with Gasteiger partial charge < -0.3 is 9.88 Å². The molecule has 0 saturated carbocycles. The Morgan fingerprint density at radius 2 is 1.81 bits per heavy atom. The molecular formula is C20H17BrN2O2S. The highest BCUT2D eigenvalue weighted by atomic mass is 79.9. The lowest BCUT2D eigenvalue weighted by Gasteiger charge is -2.12. The van der Waals surface area contributed by atoms with Crippen molar-refractivity contribution in [1.82, 2.24) is 4.57 Å². The zero-order valence-electron chi connectivity index (χ0n) is 14.1. The minimum Gasteiger partial charge on any atom is -0.324 e. The van der Waals surface area contributed by atoms with E-state index in [0.29, 0.717) is 5.56 Å². The fourth-order valence-corrected chi connectivity index (χ4v) is 3.99. The first-order valence-corrected chi connectivity index (χ1v) is 9.62. The molecule has 1 heterocycles. The first kappa shape index (κ1) is 18.5. The normalized spacial score (nSPS) is 10.5. The molecule has 4 nitrogen and oxygen atoms in total. The number of anilines is 1. The molecule has 0 aliphatic heterocycles. The molecule has 0 radical (unpaired) electrons. The molecule has 3 aromatic rings. The largest absolute Gasteiger partial charge is 0.324 e. The van der Waals surface area contributed by atoms with Crippen molar-refractivity contribution in [3.05, 3.63) is 87.3 Å². The van der Waals surface area contributed by atoms with Gasteiger partial charge in [0.1, 0.15) is 6.54 Å². The van der Waals surface area contributed by atoms with Gasteiger partial charge in [0, 0.05) is 26.0 Å². The molecule has 132 valence electrons. The van der Waals surface area contributed by atoms with E-state index in [2.05, 4.69) is 21.2 Å². The summed E-state index contributed by atoms with van der Waals surface area (Å²) >= 11 is 4.94. The molecule has 0 bridgehead atoms. The summed E-state index contributed by atoms with van der Waals surface area (Å²) in [6.07, 6.45) is 1.62. The van der Waals surface area contributed by atoms with Gasteiger partial charge in [0.2, 0.25) is 5.91 Å². The number of hydrogen-bond acceptors (Lipinski definition) is 3. The first-order valence-electron chi connectivity index (χ1n) is 8.01. The molecule has 6 heteroatoms. The van der Waals surface area contributed by atoms with Gasteiger partial charge in [0.25, 0.3) is 5.56 Å². The van der Waals surface area contributed by atoms with Crippen molar-refractivity contribution in [3.63, 3.8) is 0 Å². The van der Waals surface area contributed by atoms with Crippen molar-refractivity contribution >= 4 is 39.3 Å². The van der Waals surface area contributed by atoms with E-state index < -0.39 is 0 Å². The van der Waals surface area contributed by atoms with E-state index in [0.717, 1.165) is 20.0 Å². The number of pyridine rings is 1. The standard InChI is InChI=1S/C20H17BrN2O2S/c1-14-11-15(21)12-23(20(14)25)13-19(24)22-17-9-5-6-10-18(17)26-16-7-3-2-4-8-16/h2-12H,13H2,1H3,(H,22,24). The Morgan fingerprint density at radius 3 is 2.58 bits per heavy atom. The van der Waals surface area contributed by atoms with E-state index in [1.807, 2.05) is 54.6 Å². The number of aromatic nitrogens is 1. The second-order valence-electron chi connectivity index (χ2n) is 5.73. The van der Waals surface area contributed by atoms with Crippen LogP contribution < -0.4 is 10.9 Å². The zero-order valence-corrected chi connectivity index (χ0v) is 16.5. The van der Waals surface area contributed by atoms with Crippen LogP contribution in [0.15, 0.2) is 85.9 Å². The van der Waals surface area contributed by atoms with E-state index in [1.165, 1.54) is 4.57 Å². The molecule has 0 aliphatic carbocycles. The summed E-state index contributed by atoms with van der Waals surface area (Å²) in [4.78, 5) is 26.7. The third kappa shape index (κ3) is 4.65. The van der Waals surface area contributed by atoms with Gasteiger partial charge in [-0.2, -0.15) is 0 Å². The second-order valence-corrected chi connectivity index (χ2v) is 7.76. The molecule has 1 N–H and O–H groups in total. The van der Waals surface area contributed by atoms with Crippen LogP contribution in [-0.4, -0.2) is 10.5 Å². The Kier molecular flexibility index (Phi) is 5.96. The first-order chi connectivity index (χ1) is 12.5. The minimum absolute atomic E-state index is 0.0382. The summed E-state index contributed by atoms with van der Waals surface area (Å²) < 4.78 is 2.17. The maximum atomic E-state index is 12.5. The van der Waals surface area contributed by atoms with Crippen molar-refractivity contribution in [2.24, 2.45) is 0 Å². The van der Waals surface area contributed by atoms with Crippen LogP contribution in [0.4, 0.5) is 5.69 Å². The molecule has 0 saturated heterocycles. The summed E-state index contributed by atoms with van der Waals surface area (Å²) in [5.41, 5.74) is 1.15. The van der Waals surface area contributed by atoms with Crippen LogP contribution in [0.2, 0.25) is 0 Å². The molecule has 3 rings (SSSR count). The van der Waals surface area contributed by atoms with Crippen molar-refractivity contribution in [3.8, 4) is 0 Å². The van der Waals surface area contributed by atoms with Gasteiger partial charge in [-0.1, -0.05) is 42.1 Å². The summed E-state index contributed by atoms with van der Waals surface area (Å²) in [5, 5.41) is 2.91. The van der Waals surface area contributed by atoms with Crippen LogP contribution in [0.3, 0.4) is 0 Å². The van der Waals surface area contributed by atoms with Gasteiger partial charge >= 0.3 is 0 Å². The quantitative estimate of drug-likeness (QED) is 0.639. The monoisotopic (exact) mass is 428 g/mol. The summed E-state index contributed by atoms with van der Waals surface area (Å²) in [6, 6.07) is 19.3. The third-order valence-corrected chi connectivity index (χ3v) is 5.20. The Hall–Kier alpha value is -2.31. The highest BCUT2D eigenvalue weighted by Gasteiger charge is 2.10. The van der Waals surface area contributed by atoms with Gasteiger partial charge in [-0.15, -0.1) is 0 Å². The smallest absolute Gasteiger partial charge is 0.253 e. The molecule has 1 amide bonds. The van der Waals surface area contributed by atoms with Gasteiger partial charge in [-0.25, -0.2) is 0 Å². The van der Waals surface area contributed by atoms with Crippen LogP contribution in [0, 0.1) is 6.92 Å². The Morgan fingerprint density at radius 1 is 1.12 bits per heavy atom. The zero-order chi connectivity index (χ0) is 18.5. The number of benzene rings is 2. The number of aryl methyl sites for hydroxylation is 1. The van der Waals surface area contributed by atoms with Crippen LogP contribution in [-0.2, 0) is 11.3 Å². The van der Waals surface area contributed by atoms with Crippen molar-refractivity contribution in [2.75, 3.05) is 5.32 Å². The SMILES string of the molecule is Cc1cc(Br)cn(CC(=O)Nc2ccccc2Sc2ccccc2)c1=O. The molecular weight excluding hydrogens is 412 g/mol. The van der Waals surface area contributed by atoms with Crippen molar-refractivity contribution in [1.29, 1.82) is 0 Å². The molecule has 0 atom stereocenters. The Bertz CT molecular complexity index is 987. The van der Waals surface area contributed by atoms with Crippen molar-refractivity contribution in [2.45, 2.75) is 23.3 Å². The second kappa shape index (κ2) is 8.38. The van der Waals surface area contributed by atoms with Gasteiger partial charge in [0.15, 0.2) is 0 Å². The van der Waals surface area contributed by atoms with E-state index in [-0.39, 0.29) is 18.0 Å². The van der Waals surface area contributed by atoms with Crippen LogP contribution in [0.1, 0.15) is 5.56 Å². The van der Waals surface area contributed by atoms with Gasteiger partial charge in [0.05, 0.1) is 5.69 Å².